The van der Waals surface area contributed by atoms with Crippen molar-refractivity contribution in [2.24, 2.45) is 0 Å². The topological polar surface area (TPSA) is 15.3 Å². The zero-order valence-corrected chi connectivity index (χ0v) is 24.3. The fourth-order valence-corrected chi connectivity index (χ4v) is 5.60. The van der Waals surface area contributed by atoms with Gasteiger partial charge in [0.2, 0.25) is 0 Å². The molecule has 210 valence electrons. The molecule has 7 rings (SSSR count). The summed E-state index contributed by atoms with van der Waals surface area (Å²) in [5.41, 5.74) is 12.7. The summed E-state index contributed by atoms with van der Waals surface area (Å²) < 4.78 is 0. The lowest BCUT2D eigenvalue weighted by atomic mass is 10.0. The molecule has 0 unspecified atom stereocenters. The maximum absolute atomic E-state index is 3.56. The maximum atomic E-state index is 3.56. The average molecular weight is 565 g/mol. The quantitative estimate of drug-likeness (QED) is 0.197. The van der Waals surface area contributed by atoms with Crippen LogP contribution in [0.15, 0.2) is 188 Å². The van der Waals surface area contributed by atoms with Gasteiger partial charge in [0.15, 0.2) is 0 Å². The first kappa shape index (κ1) is 27.0. The van der Waals surface area contributed by atoms with Crippen molar-refractivity contribution in [3.63, 3.8) is 0 Å². The average Bonchev–Trinajstić information content (AvgIpc) is 3.11. The predicted molar refractivity (Wildman–Crippen MR) is 187 cm³/mol. The summed E-state index contributed by atoms with van der Waals surface area (Å²) in [6.45, 7) is 0. The monoisotopic (exact) mass is 564 g/mol. The number of anilines is 5. The molecule has 0 amide bonds. The molecular weight excluding hydrogens is 532 g/mol. The lowest BCUT2D eigenvalue weighted by Crippen LogP contribution is -2.09. The Kier molecular flexibility index (Phi) is 7.71. The first-order valence-corrected chi connectivity index (χ1v) is 14.9. The Labute approximate surface area is 259 Å². The first-order chi connectivity index (χ1) is 21.8. The van der Waals surface area contributed by atoms with Gasteiger partial charge in [-0.3, -0.25) is 0 Å². The predicted octanol–water partition coefficient (Wildman–Crippen LogP) is 11.9. The van der Waals surface area contributed by atoms with Gasteiger partial charge in [-0.15, -0.1) is 0 Å². The van der Waals surface area contributed by atoms with Crippen molar-refractivity contribution in [1.29, 1.82) is 0 Å². The van der Waals surface area contributed by atoms with Crippen LogP contribution < -0.4 is 10.2 Å². The summed E-state index contributed by atoms with van der Waals surface area (Å²) in [5.74, 6) is 0. The van der Waals surface area contributed by atoms with Crippen LogP contribution in [0.1, 0.15) is 0 Å². The van der Waals surface area contributed by atoms with Crippen LogP contribution in [0.25, 0.3) is 33.4 Å². The van der Waals surface area contributed by atoms with E-state index >= 15 is 0 Å². The molecule has 0 aliphatic heterocycles. The summed E-state index contributed by atoms with van der Waals surface area (Å²) in [6, 6.07) is 66.3. The Morgan fingerprint density at radius 3 is 1.32 bits per heavy atom. The molecule has 0 saturated heterocycles. The van der Waals surface area contributed by atoms with Gasteiger partial charge in [0.25, 0.3) is 0 Å². The third-order valence-corrected chi connectivity index (χ3v) is 7.83. The Balaban J connectivity index is 1.13. The molecule has 0 atom stereocenters. The highest BCUT2D eigenvalue weighted by Gasteiger charge is 2.13. The van der Waals surface area contributed by atoms with Crippen molar-refractivity contribution in [2.45, 2.75) is 0 Å². The van der Waals surface area contributed by atoms with E-state index in [-0.39, 0.29) is 0 Å². The molecule has 0 aliphatic rings. The zero-order chi connectivity index (χ0) is 29.6. The van der Waals surface area contributed by atoms with Crippen LogP contribution >= 0.6 is 0 Å². The second-order valence-electron chi connectivity index (χ2n) is 10.8. The molecule has 7 aromatic rings. The smallest absolute Gasteiger partial charge is 0.0467 e. The van der Waals surface area contributed by atoms with Gasteiger partial charge in [-0.1, -0.05) is 127 Å². The Morgan fingerprint density at radius 2 is 0.705 bits per heavy atom. The molecule has 7 aromatic carbocycles. The number of hydrogen-bond acceptors (Lipinski definition) is 2. The molecule has 0 fully saturated rings. The second-order valence-corrected chi connectivity index (χ2v) is 10.8. The maximum Gasteiger partial charge on any atom is 0.0467 e. The summed E-state index contributed by atoms with van der Waals surface area (Å²) in [6.07, 6.45) is 0. The van der Waals surface area contributed by atoms with Crippen molar-refractivity contribution in [1.82, 2.24) is 0 Å². The van der Waals surface area contributed by atoms with E-state index in [9.17, 15) is 0 Å². The third-order valence-electron chi connectivity index (χ3n) is 7.83. The summed E-state index contributed by atoms with van der Waals surface area (Å²) >= 11 is 0. The highest BCUT2D eigenvalue weighted by Crippen LogP contribution is 2.37. The molecular formula is C42H32N2. The molecule has 0 spiro atoms. The Morgan fingerprint density at radius 1 is 0.273 bits per heavy atom. The summed E-state index contributed by atoms with van der Waals surface area (Å²) in [5, 5.41) is 3.56. The molecule has 2 nitrogen and oxygen atoms in total. The van der Waals surface area contributed by atoms with E-state index < -0.39 is 0 Å². The van der Waals surface area contributed by atoms with E-state index in [1.807, 2.05) is 6.07 Å². The fourth-order valence-electron chi connectivity index (χ4n) is 5.60. The number of hydrogen-bond donors (Lipinski definition) is 1. The number of rotatable bonds is 8. The molecule has 1 N–H and O–H groups in total. The van der Waals surface area contributed by atoms with Gasteiger partial charge in [0.05, 0.1) is 0 Å². The lowest BCUT2D eigenvalue weighted by Gasteiger charge is -2.26. The van der Waals surface area contributed by atoms with Crippen molar-refractivity contribution >= 4 is 28.4 Å². The van der Waals surface area contributed by atoms with Gasteiger partial charge in [-0.25, -0.2) is 0 Å². The molecule has 2 heteroatoms. The second kappa shape index (κ2) is 12.6. The van der Waals surface area contributed by atoms with Crippen molar-refractivity contribution in [2.75, 3.05) is 10.2 Å². The van der Waals surface area contributed by atoms with Gasteiger partial charge in [0, 0.05) is 28.4 Å². The third kappa shape index (κ3) is 6.01. The Hall–Kier alpha value is -5.86. The lowest BCUT2D eigenvalue weighted by molar-refractivity contribution is 1.28. The van der Waals surface area contributed by atoms with Gasteiger partial charge < -0.3 is 10.2 Å². The number of benzene rings is 7. The van der Waals surface area contributed by atoms with Crippen molar-refractivity contribution in [3.8, 4) is 33.4 Å². The van der Waals surface area contributed by atoms with E-state index in [1.165, 1.54) is 33.4 Å². The van der Waals surface area contributed by atoms with E-state index in [0.29, 0.717) is 0 Å². The van der Waals surface area contributed by atoms with Gasteiger partial charge in [0.1, 0.15) is 0 Å². The molecule has 0 radical (unpaired) electrons. The number of para-hydroxylation sites is 1. The van der Waals surface area contributed by atoms with E-state index in [0.717, 1.165) is 28.4 Å². The molecule has 0 aromatic heterocycles. The molecule has 0 aliphatic carbocycles. The molecule has 44 heavy (non-hydrogen) atoms. The minimum atomic E-state index is 1.06. The summed E-state index contributed by atoms with van der Waals surface area (Å²) in [7, 11) is 0. The minimum absolute atomic E-state index is 1.06. The number of nitrogens with one attached hydrogen (secondary N) is 1. The molecule has 0 bridgehead atoms. The molecule has 0 saturated carbocycles. The van der Waals surface area contributed by atoms with Gasteiger partial charge in [-0.05, 0) is 94.0 Å². The minimum Gasteiger partial charge on any atom is -0.356 e. The van der Waals surface area contributed by atoms with Crippen LogP contribution in [0.4, 0.5) is 28.4 Å². The van der Waals surface area contributed by atoms with Crippen LogP contribution in [-0.4, -0.2) is 0 Å². The van der Waals surface area contributed by atoms with Crippen molar-refractivity contribution in [3.05, 3.63) is 188 Å². The van der Waals surface area contributed by atoms with Crippen LogP contribution in [-0.2, 0) is 0 Å². The van der Waals surface area contributed by atoms with E-state index in [1.54, 1.807) is 0 Å². The standard InChI is InChI=1S/C42H32N2/c1-4-12-32(13-5-1)36-16-10-18-39(30-36)43-38-26-22-34(23-27-38)35-24-28-41(29-25-35)44(40-19-8-3-9-20-40)42-21-11-17-37(31-42)33-14-6-2-7-15-33/h1-31,43H. The van der Waals surface area contributed by atoms with Crippen LogP contribution in [0.5, 0.6) is 0 Å². The first-order valence-electron chi connectivity index (χ1n) is 14.9. The number of nitrogens with zero attached hydrogens (tertiary/aromatic N) is 1. The fraction of sp³-hybridized carbons (Fsp3) is 0. The van der Waals surface area contributed by atoms with Gasteiger partial charge in [-0.2, -0.15) is 0 Å². The van der Waals surface area contributed by atoms with E-state index in [2.05, 4.69) is 192 Å². The normalized spacial score (nSPS) is 10.7. The summed E-state index contributed by atoms with van der Waals surface area (Å²) in [4.78, 5) is 2.31. The largest absolute Gasteiger partial charge is 0.356 e. The van der Waals surface area contributed by atoms with Crippen molar-refractivity contribution < 1.29 is 0 Å². The SMILES string of the molecule is c1ccc(-c2cccc(Nc3ccc(-c4ccc(N(c5ccccc5)c5cccc(-c6ccccc6)c5)cc4)cc3)c2)cc1. The highest BCUT2D eigenvalue weighted by molar-refractivity contribution is 5.81. The highest BCUT2D eigenvalue weighted by atomic mass is 15.1. The zero-order valence-electron chi connectivity index (χ0n) is 24.3. The van der Waals surface area contributed by atoms with Crippen LogP contribution in [0.2, 0.25) is 0 Å². The van der Waals surface area contributed by atoms with Crippen LogP contribution in [0.3, 0.4) is 0 Å². The Bertz CT molecular complexity index is 1950. The van der Waals surface area contributed by atoms with Gasteiger partial charge >= 0.3 is 0 Å². The van der Waals surface area contributed by atoms with E-state index in [4.69, 9.17) is 0 Å². The molecule has 0 heterocycles. The van der Waals surface area contributed by atoms with Crippen LogP contribution in [0, 0.1) is 0 Å².